The number of halogens is 2. The van der Waals surface area contributed by atoms with Crippen LogP contribution in [0.1, 0.15) is 66.1 Å². The third-order valence-electron chi connectivity index (χ3n) is 8.12. The highest BCUT2D eigenvalue weighted by atomic mass is 32.1. The Morgan fingerprint density at radius 1 is 1.12 bits per heavy atom. The molecule has 0 unspecified atom stereocenters. The Morgan fingerprint density at radius 3 is 2.62 bits per heavy atom. The second-order valence-electron chi connectivity index (χ2n) is 10.7. The minimum absolute atomic E-state index is 0.0316. The summed E-state index contributed by atoms with van der Waals surface area (Å²) in [6.07, 6.45) is 5.83. The van der Waals surface area contributed by atoms with Crippen molar-refractivity contribution in [1.29, 1.82) is 0 Å². The van der Waals surface area contributed by atoms with Gasteiger partial charge >= 0.3 is 12.6 Å². The van der Waals surface area contributed by atoms with E-state index in [0.717, 1.165) is 65.2 Å². The summed E-state index contributed by atoms with van der Waals surface area (Å²) in [5.41, 5.74) is 2.84. The summed E-state index contributed by atoms with van der Waals surface area (Å²) in [5, 5.41) is 14.5. The Bertz CT molecular complexity index is 1550. The van der Waals surface area contributed by atoms with Crippen LogP contribution in [-0.4, -0.2) is 46.0 Å². The molecule has 1 saturated carbocycles. The molecule has 0 radical (unpaired) electrons. The zero-order valence-corrected chi connectivity index (χ0v) is 22.3. The summed E-state index contributed by atoms with van der Waals surface area (Å²) in [4.78, 5) is 18.6. The fourth-order valence-electron chi connectivity index (χ4n) is 6.13. The number of thiazole rings is 1. The number of fused-ring (bicyclic) bond motifs is 3. The minimum Gasteiger partial charge on any atom is -0.478 e. The molecule has 4 aromatic rings. The first-order chi connectivity index (χ1) is 19.4. The fourth-order valence-corrected chi connectivity index (χ4v) is 7.28. The first-order valence-corrected chi connectivity index (χ1v) is 14.3. The molecule has 1 N–H and O–H groups in total. The number of para-hydroxylation sites is 1. The maximum atomic E-state index is 13.1. The van der Waals surface area contributed by atoms with E-state index in [0.29, 0.717) is 11.3 Å². The lowest BCUT2D eigenvalue weighted by molar-refractivity contribution is -0.0494. The molecule has 2 aromatic heterocycles. The van der Waals surface area contributed by atoms with Crippen molar-refractivity contribution in [3.05, 3.63) is 59.4 Å². The number of rotatable bonds is 9. The largest absolute Gasteiger partial charge is 0.478 e. The van der Waals surface area contributed by atoms with Crippen LogP contribution in [0.15, 0.2) is 47.0 Å². The van der Waals surface area contributed by atoms with Gasteiger partial charge in [-0.1, -0.05) is 28.6 Å². The van der Waals surface area contributed by atoms with Crippen LogP contribution in [0.25, 0.3) is 21.5 Å². The molecule has 208 valence electrons. The van der Waals surface area contributed by atoms with Gasteiger partial charge in [0.05, 0.1) is 28.5 Å². The summed E-state index contributed by atoms with van der Waals surface area (Å²) >= 11 is 1.54. The lowest BCUT2D eigenvalue weighted by Crippen LogP contribution is -2.45. The molecule has 4 heterocycles. The van der Waals surface area contributed by atoms with Crippen molar-refractivity contribution in [2.24, 2.45) is 0 Å². The average molecular weight is 568 g/mol. The smallest absolute Gasteiger partial charge is 0.387 e. The number of hydrogen-bond acceptors (Lipinski definition) is 8. The lowest BCUT2D eigenvalue weighted by Gasteiger charge is -2.38. The molecule has 2 saturated heterocycles. The predicted molar refractivity (Wildman–Crippen MR) is 144 cm³/mol. The third kappa shape index (κ3) is 4.71. The number of hydrogen-bond donors (Lipinski definition) is 1. The molecule has 0 spiro atoms. The highest BCUT2D eigenvalue weighted by molar-refractivity contribution is 7.22. The molecular formula is C29H27F2N3O5S. The van der Waals surface area contributed by atoms with E-state index >= 15 is 0 Å². The van der Waals surface area contributed by atoms with Crippen LogP contribution < -0.4 is 9.64 Å². The molecule has 2 aliphatic heterocycles. The zero-order chi connectivity index (χ0) is 27.4. The summed E-state index contributed by atoms with van der Waals surface area (Å²) in [7, 11) is 0. The van der Waals surface area contributed by atoms with E-state index in [1.807, 2.05) is 0 Å². The van der Waals surface area contributed by atoms with E-state index in [-0.39, 0.29) is 42.0 Å². The number of aromatic carboxylic acids is 1. The molecule has 40 heavy (non-hydrogen) atoms. The van der Waals surface area contributed by atoms with Gasteiger partial charge in [0.2, 0.25) is 0 Å². The van der Waals surface area contributed by atoms with Crippen LogP contribution in [0.2, 0.25) is 0 Å². The van der Waals surface area contributed by atoms with Gasteiger partial charge in [-0.15, -0.1) is 0 Å². The average Bonchev–Trinajstić information content (AvgIpc) is 3.45. The summed E-state index contributed by atoms with van der Waals surface area (Å²) in [6.45, 7) is -2.65. The molecule has 8 nitrogen and oxygen atoms in total. The number of carboxylic acid groups (broad SMARTS) is 1. The van der Waals surface area contributed by atoms with Crippen molar-refractivity contribution < 1.29 is 32.7 Å². The number of piperidine rings is 1. The Hall–Kier alpha value is -3.57. The van der Waals surface area contributed by atoms with E-state index in [9.17, 15) is 18.7 Å². The monoisotopic (exact) mass is 567 g/mol. The van der Waals surface area contributed by atoms with Gasteiger partial charge in [-0.25, -0.2) is 9.78 Å². The van der Waals surface area contributed by atoms with Gasteiger partial charge in [0, 0.05) is 29.1 Å². The van der Waals surface area contributed by atoms with Crippen molar-refractivity contribution in [3.63, 3.8) is 0 Å². The van der Waals surface area contributed by atoms with Crippen LogP contribution in [-0.2, 0) is 11.3 Å². The first kappa shape index (κ1) is 25.4. The lowest BCUT2D eigenvalue weighted by atomic mass is 10.00. The van der Waals surface area contributed by atoms with Crippen LogP contribution in [0.3, 0.4) is 0 Å². The quantitative estimate of drug-likeness (QED) is 0.235. The molecule has 11 heteroatoms. The van der Waals surface area contributed by atoms with Crippen molar-refractivity contribution in [1.82, 2.24) is 10.1 Å². The van der Waals surface area contributed by atoms with Crippen molar-refractivity contribution in [2.45, 2.75) is 75.8 Å². The van der Waals surface area contributed by atoms with Gasteiger partial charge in [-0.3, -0.25) is 0 Å². The number of ether oxygens (including phenoxy) is 2. The Morgan fingerprint density at radius 2 is 1.90 bits per heavy atom. The molecule has 1 aliphatic carbocycles. The van der Waals surface area contributed by atoms with E-state index in [1.165, 1.54) is 17.4 Å². The molecule has 3 aliphatic rings. The molecule has 2 aromatic carbocycles. The first-order valence-electron chi connectivity index (χ1n) is 13.5. The van der Waals surface area contributed by atoms with Gasteiger partial charge in [-0.05, 0) is 68.9 Å². The second-order valence-corrected chi connectivity index (χ2v) is 11.7. The van der Waals surface area contributed by atoms with Crippen LogP contribution in [0, 0.1) is 0 Å². The van der Waals surface area contributed by atoms with Crippen molar-refractivity contribution >= 4 is 32.7 Å². The van der Waals surface area contributed by atoms with Crippen LogP contribution in [0.4, 0.5) is 13.9 Å². The van der Waals surface area contributed by atoms with E-state index in [1.54, 1.807) is 36.4 Å². The van der Waals surface area contributed by atoms with Crippen LogP contribution in [0.5, 0.6) is 5.75 Å². The molecule has 3 atom stereocenters. The van der Waals surface area contributed by atoms with Crippen molar-refractivity contribution in [3.8, 4) is 17.0 Å². The van der Waals surface area contributed by atoms with E-state index in [4.69, 9.17) is 19.0 Å². The van der Waals surface area contributed by atoms with Crippen molar-refractivity contribution in [2.75, 3.05) is 4.90 Å². The SMILES string of the molecule is O=C(O)c1ccc2nc(N3[C@@H]4CC[C@H]3C[C@H](OCc3c(-c5ccccc5OC(F)F)noc3C3CC3)C4)sc2c1. The number of nitrogens with zero attached hydrogens (tertiary/aromatic N) is 3. The topological polar surface area (TPSA) is 97.9 Å². The van der Waals surface area contributed by atoms with Gasteiger partial charge in [0.25, 0.3) is 0 Å². The summed E-state index contributed by atoms with van der Waals surface area (Å²) in [5.74, 6) is 0.173. The van der Waals surface area contributed by atoms with Gasteiger partial charge < -0.3 is 24.0 Å². The van der Waals surface area contributed by atoms with Gasteiger partial charge in [0.1, 0.15) is 17.2 Å². The maximum absolute atomic E-state index is 13.1. The predicted octanol–water partition coefficient (Wildman–Crippen LogP) is 6.84. The van der Waals surface area contributed by atoms with Gasteiger partial charge in [0.15, 0.2) is 5.13 Å². The number of benzene rings is 2. The Labute approximate surface area is 232 Å². The minimum atomic E-state index is -2.94. The normalized spacial score (nSPS) is 22.4. The standard InChI is InChI=1S/C29H27F2N3O5S/c30-28(31)38-23-4-2-1-3-20(23)25-21(26(39-33-25)15-5-6-15)14-37-19-12-17-8-9-18(13-19)34(17)29-32-22-10-7-16(27(35)36)11-24(22)40-29/h1-4,7,10-11,15,17-19,28H,5-6,8-9,12-14H2,(H,35,36)/t17-,18+,19-. The number of carboxylic acids is 1. The van der Waals surface area contributed by atoms with E-state index < -0.39 is 12.6 Å². The van der Waals surface area contributed by atoms with E-state index in [2.05, 4.69) is 10.1 Å². The van der Waals surface area contributed by atoms with Crippen LogP contribution >= 0.6 is 11.3 Å². The maximum Gasteiger partial charge on any atom is 0.387 e. The summed E-state index contributed by atoms with van der Waals surface area (Å²) in [6, 6.07) is 12.3. The summed E-state index contributed by atoms with van der Waals surface area (Å²) < 4.78 is 44.0. The number of carbonyl (C=O) groups is 1. The number of aromatic nitrogens is 2. The Balaban J connectivity index is 1.09. The molecule has 2 bridgehead atoms. The second kappa shape index (κ2) is 10.1. The molecular weight excluding hydrogens is 540 g/mol. The number of anilines is 1. The zero-order valence-electron chi connectivity index (χ0n) is 21.5. The molecule has 7 rings (SSSR count). The van der Waals surface area contributed by atoms with Gasteiger partial charge in [-0.2, -0.15) is 8.78 Å². The molecule has 0 amide bonds. The highest BCUT2D eigenvalue weighted by Gasteiger charge is 2.43. The fraction of sp³-hybridized carbons (Fsp3) is 0.414. The number of alkyl halides is 2. The molecule has 3 fully saturated rings. The Kier molecular flexibility index (Phi) is 6.42. The third-order valence-corrected chi connectivity index (χ3v) is 9.15. The highest BCUT2D eigenvalue weighted by Crippen LogP contribution is 2.47.